The van der Waals surface area contributed by atoms with Crippen molar-refractivity contribution in [2.45, 2.75) is 19.2 Å². The summed E-state index contributed by atoms with van der Waals surface area (Å²) >= 11 is 0. The van der Waals surface area contributed by atoms with Crippen LogP contribution in [0.2, 0.25) is 0 Å². The summed E-state index contributed by atoms with van der Waals surface area (Å²) in [5.41, 5.74) is 2.08. The lowest BCUT2D eigenvalue weighted by Gasteiger charge is -2.15. The maximum Gasteiger partial charge on any atom is 0.323 e. The first-order chi connectivity index (χ1) is 10.3. The Morgan fingerprint density at radius 2 is 1.57 bits per heavy atom. The number of hydrogen-bond donors (Lipinski definition) is 2. The zero-order chi connectivity index (χ0) is 14.9. The molecule has 2 aromatic carbocycles. The molecule has 0 aromatic heterocycles. The molecule has 0 amide bonds. The molecule has 0 unspecified atom stereocenters. The van der Waals surface area contributed by atoms with Crippen molar-refractivity contribution in [3.8, 4) is 0 Å². The lowest BCUT2D eigenvalue weighted by atomic mass is 10.2. The lowest BCUT2D eigenvalue weighted by molar-refractivity contribution is -0.141. The summed E-state index contributed by atoms with van der Waals surface area (Å²) in [7, 11) is 0. The molecule has 0 saturated carbocycles. The minimum atomic E-state index is -0.904. The van der Waals surface area contributed by atoms with Crippen LogP contribution in [0, 0.1) is 0 Å². The van der Waals surface area contributed by atoms with Crippen molar-refractivity contribution in [3.05, 3.63) is 71.8 Å². The summed E-state index contributed by atoms with van der Waals surface area (Å²) in [5, 5.41) is 12.2. The summed E-state index contributed by atoms with van der Waals surface area (Å²) in [6.45, 7) is 1.06. The van der Waals surface area contributed by atoms with Crippen LogP contribution in [0.1, 0.15) is 11.1 Å². The first kappa shape index (κ1) is 15.2. The van der Waals surface area contributed by atoms with Crippen molar-refractivity contribution in [3.63, 3.8) is 0 Å². The number of hydrogen-bond acceptors (Lipinski definition) is 3. The molecule has 2 N–H and O–H groups in total. The second kappa shape index (κ2) is 8.19. The van der Waals surface area contributed by atoms with Crippen LogP contribution in [0.4, 0.5) is 0 Å². The second-order valence-electron chi connectivity index (χ2n) is 4.76. The zero-order valence-corrected chi connectivity index (χ0v) is 11.7. The van der Waals surface area contributed by atoms with Crippen molar-refractivity contribution in [2.75, 3.05) is 6.61 Å². The molecule has 2 aromatic rings. The van der Waals surface area contributed by atoms with Gasteiger partial charge in [0.25, 0.3) is 0 Å². The Hall–Kier alpha value is -2.17. The molecule has 4 heteroatoms. The Bertz CT molecular complexity index is 542. The van der Waals surface area contributed by atoms with Crippen molar-refractivity contribution in [1.82, 2.24) is 5.32 Å². The van der Waals surface area contributed by atoms with Gasteiger partial charge in [-0.1, -0.05) is 60.7 Å². The van der Waals surface area contributed by atoms with Crippen molar-refractivity contribution >= 4 is 5.97 Å². The fourth-order valence-corrected chi connectivity index (χ4v) is 1.92. The van der Waals surface area contributed by atoms with Crippen molar-refractivity contribution < 1.29 is 14.6 Å². The standard InChI is InChI=1S/C17H19NO3/c19-17(20)16(18-11-14-7-3-1-4-8-14)13-21-12-15-9-5-2-6-10-15/h1-10,16,18H,11-13H2,(H,19,20)/t16-/m1/s1. The third-order valence-corrected chi connectivity index (χ3v) is 3.09. The largest absolute Gasteiger partial charge is 0.480 e. The Morgan fingerprint density at radius 1 is 1.00 bits per heavy atom. The summed E-state index contributed by atoms with van der Waals surface area (Å²) in [6.07, 6.45) is 0. The fourth-order valence-electron chi connectivity index (χ4n) is 1.92. The van der Waals surface area contributed by atoms with E-state index >= 15 is 0 Å². The van der Waals surface area contributed by atoms with E-state index in [0.29, 0.717) is 13.2 Å². The van der Waals surface area contributed by atoms with Crippen LogP contribution in [0.25, 0.3) is 0 Å². The molecular formula is C17H19NO3. The summed E-state index contributed by atoms with van der Waals surface area (Å²) < 4.78 is 5.49. The van der Waals surface area contributed by atoms with Crippen LogP contribution in [-0.4, -0.2) is 23.7 Å². The molecule has 0 fully saturated rings. The van der Waals surface area contributed by atoms with E-state index in [1.165, 1.54) is 0 Å². The average molecular weight is 285 g/mol. The Labute approximate surface area is 124 Å². The minimum Gasteiger partial charge on any atom is -0.480 e. The number of rotatable bonds is 8. The van der Waals surface area contributed by atoms with E-state index in [9.17, 15) is 9.90 Å². The molecule has 0 radical (unpaired) electrons. The van der Waals surface area contributed by atoms with Crippen LogP contribution >= 0.6 is 0 Å². The highest BCUT2D eigenvalue weighted by Gasteiger charge is 2.16. The molecule has 2 rings (SSSR count). The van der Waals surface area contributed by atoms with Gasteiger partial charge in [-0.25, -0.2) is 0 Å². The van der Waals surface area contributed by atoms with Crippen molar-refractivity contribution in [2.24, 2.45) is 0 Å². The molecule has 4 nitrogen and oxygen atoms in total. The van der Waals surface area contributed by atoms with Gasteiger partial charge in [0.05, 0.1) is 13.2 Å². The maximum absolute atomic E-state index is 11.2. The number of aliphatic carboxylic acids is 1. The average Bonchev–Trinajstić information content (AvgIpc) is 2.52. The molecular weight excluding hydrogens is 266 g/mol. The van der Waals surface area contributed by atoms with Gasteiger partial charge in [0.1, 0.15) is 6.04 Å². The zero-order valence-electron chi connectivity index (χ0n) is 11.7. The highest BCUT2D eigenvalue weighted by atomic mass is 16.5. The Morgan fingerprint density at radius 3 is 2.14 bits per heavy atom. The van der Waals surface area contributed by atoms with Gasteiger partial charge >= 0.3 is 5.97 Å². The van der Waals surface area contributed by atoms with Gasteiger partial charge in [-0.2, -0.15) is 0 Å². The number of carboxylic acid groups (broad SMARTS) is 1. The third kappa shape index (κ3) is 5.38. The third-order valence-electron chi connectivity index (χ3n) is 3.09. The molecule has 0 aliphatic carbocycles. The smallest absolute Gasteiger partial charge is 0.323 e. The highest BCUT2D eigenvalue weighted by Crippen LogP contribution is 2.02. The van der Waals surface area contributed by atoms with E-state index in [-0.39, 0.29) is 6.61 Å². The van der Waals surface area contributed by atoms with E-state index in [2.05, 4.69) is 5.32 Å². The van der Waals surface area contributed by atoms with E-state index in [1.54, 1.807) is 0 Å². The molecule has 1 atom stereocenters. The Balaban J connectivity index is 1.78. The number of ether oxygens (including phenoxy) is 1. The van der Waals surface area contributed by atoms with Crippen molar-refractivity contribution in [1.29, 1.82) is 0 Å². The molecule has 0 heterocycles. The van der Waals surface area contributed by atoms with E-state index in [4.69, 9.17) is 4.74 Å². The topological polar surface area (TPSA) is 58.6 Å². The monoisotopic (exact) mass is 285 g/mol. The maximum atomic E-state index is 11.2. The predicted octanol–water partition coefficient (Wildman–Crippen LogP) is 2.45. The van der Waals surface area contributed by atoms with E-state index in [1.807, 2.05) is 60.7 Å². The summed E-state index contributed by atoms with van der Waals surface area (Å²) in [6, 6.07) is 18.7. The molecule has 0 bridgehead atoms. The SMILES string of the molecule is O=C(O)[C@@H](COCc1ccccc1)NCc1ccccc1. The van der Waals surface area contributed by atoms with Gasteiger partial charge in [-0.15, -0.1) is 0 Å². The summed E-state index contributed by atoms with van der Waals surface area (Å²) in [4.78, 5) is 11.2. The molecule has 110 valence electrons. The van der Waals surface area contributed by atoms with E-state index < -0.39 is 12.0 Å². The lowest BCUT2D eigenvalue weighted by Crippen LogP contribution is -2.40. The number of nitrogens with one attached hydrogen (secondary N) is 1. The number of carbonyl (C=O) groups is 1. The van der Waals surface area contributed by atoms with Gasteiger partial charge in [-0.05, 0) is 11.1 Å². The molecule has 0 aliphatic heterocycles. The molecule has 0 saturated heterocycles. The molecule has 21 heavy (non-hydrogen) atoms. The summed E-state index contributed by atoms with van der Waals surface area (Å²) in [5.74, 6) is -0.904. The van der Waals surface area contributed by atoms with Crippen LogP contribution in [-0.2, 0) is 22.7 Å². The normalized spacial score (nSPS) is 12.0. The van der Waals surface area contributed by atoms with Crippen LogP contribution in [0.3, 0.4) is 0 Å². The van der Waals surface area contributed by atoms with Gasteiger partial charge in [0.2, 0.25) is 0 Å². The van der Waals surface area contributed by atoms with E-state index in [0.717, 1.165) is 11.1 Å². The Kier molecular flexibility index (Phi) is 5.94. The van der Waals surface area contributed by atoms with Crippen LogP contribution < -0.4 is 5.32 Å². The first-order valence-corrected chi connectivity index (χ1v) is 6.87. The van der Waals surface area contributed by atoms with Gasteiger partial charge < -0.3 is 9.84 Å². The quantitative estimate of drug-likeness (QED) is 0.782. The second-order valence-corrected chi connectivity index (χ2v) is 4.76. The minimum absolute atomic E-state index is 0.136. The number of carboxylic acids is 1. The predicted molar refractivity (Wildman–Crippen MR) is 80.8 cm³/mol. The van der Waals surface area contributed by atoms with Gasteiger partial charge in [0, 0.05) is 6.54 Å². The fraction of sp³-hybridized carbons (Fsp3) is 0.235. The van der Waals surface area contributed by atoms with Gasteiger partial charge in [-0.3, -0.25) is 10.1 Å². The van der Waals surface area contributed by atoms with Crippen LogP contribution in [0.15, 0.2) is 60.7 Å². The molecule has 0 spiro atoms. The highest BCUT2D eigenvalue weighted by molar-refractivity contribution is 5.73. The molecule has 0 aliphatic rings. The van der Waals surface area contributed by atoms with Gasteiger partial charge in [0.15, 0.2) is 0 Å². The number of benzene rings is 2. The first-order valence-electron chi connectivity index (χ1n) is 6.87. The van der Waals surface area contributed by atoms with Crippen LogP contribution in [0.5, 0.6) is 0 Å².